The largest absolute Gasteiger partial charge is 0.477 e. The first-order chi connectivity index (χ1) is 8.91. The van der Waals surface area contributed by atoms with Crippen LogP contribution in [0.4, 0.5) is 0 Å². The van der Waals surface area contributed by atoms with Crippen molar-refractivity contribution in [2.45, 2.75) is 6.92 Å². The van der Waals surface area contributed by atoms with Crippen molar-refractivity contribution >= 4 is 17.6 Å². The summed E-state index contributed by atoms with van der Waals surface area (Å²) >= 11 is 5.93. The van der Waals surface area contributed by atoms with Gasteiger partial charge in [-0.15, -0.1) is 0 Å². The number of aromatic carboxylic acids is 1. The first-order valence-corrected chi connectivity index (χ1v) is 5.64. The van der Waals surface area contributed by atoms with Crippen LogP contribution >= 0.6 is 11.6 Å². The number of aromatic nitrogens is 2. The molecular weight excluding hydrogens is 272 g/mol. The van der Waals surface area contributed by atoms with E-state index in [0.29, 0.717) is 5.02 Å². The van der Waals surface area contributed by atoms with Gasteiger partial charge in [-0.3, -0.25) is 4.79 Å². The van der Waals surface area contributed by atoms with Gasteiger partial charge in [0, 0.05) is 11.2 Å². The number of rotatable bonds is 2. The number of hydrogen-bond acceptors (Lipinski definition) is 3. The predicted octanol–water partition coefficient (Wildman–Crippen LogP) is 1.19. The molecule has 1 aromatic carbocycles. The highest BCUT2D eigenvalue weighted by Gasteiger charge is 2.14. The second kappa shape index (κ2) is 4.74. The standard InChI is InChI=1S/C12H9ClN2O4/c1-6-2-3-7(4-9(6)13)15-10(16)8(11(17)18)5-14-12(15)19/h2-5H,1H3,(H,14,19)(H,17,18). The molecule has 2 aromatic rings. The van der Waals surface area contributed by atoms with Crippen molar-refractivity contribution in [1.29, 1.82) is 0 Å². The fourth-order valence-corrected chi connectivity index (χ4v) is 1.76. The third kappa shape index (κ3) is 2.30. The van der Waals surface area contributed by atoms with Gasteiger partial charge in [-0.25, -0.2) is 14.2 Å². The van der Waals surface area contributed by atoms with Crippen molar-refractivity contribution in [2.75, 3.05) is 0 Å². The average Bonchev–Trinajstić information content (AvgIpc) is 2.33. The van der Waals surface area contributed by atoms with Crippen LogP contribution in [0.2, 0.25) is 5.02 Å². The van der Waals surface area contributed by atoms with E-state index >= 15 is 0 Å². The zero-order valence-electron chi connectivity index (χ0n) is 9.81. The van der Waals surface area contributed by atoms with Gasteiger partial charge in [0.1, 0.15) is 5.56 Å². The summed E-state index contributed by atoms with van der Waals surface area (Å²) in [7, 11) is 0. The maximum Gasteiger partial charge on any atom is 0.342 e. The lowest BCUT2D eigenvalue weighted by Crippen LogP contribution is -2.36. The number of nitrogens with zero attached hydrogens (tertiary/aromatic N) is 1. The van der Waals surface area contributed by atoms with E-state index in [-0.39, 0.29) is 5.69 Å². The number of carboxylic acid groups (broad SMARTS) is 1. The van der Waals surface area contributed by atoms with E-state index < -0.39 is 22.8 Å². The topological polar surface area (TPSA) is 92.2 Å². The van der Waals surface area contributed by atoms with Crippen LogP contribution in [-0.4, -0.2) is 20.6 Å². The molecule has 7 heteroatoms. The molecule has 0 aliphatic rings. The number of hydrogen-bond donors (Lipinski definition) is 2. The summed E-state index contributed by atoms with van der Waals surface area (Å²) in [6.07, 6.45) is 0.874. The molecule has 0 bridgehead atoms. The number of nitrogens with one attached hydrogen (secondary N) is 1. The van der Waals surface area contributed by atoms with Crippen LogP contribution in [0, 0.1) is 6.92 Å². The monoisotopic (exact) mass is 280 g/mol. The molecule has 19 heavy (non-hydrogen) atoms. The van der Waals surface area contributed by atoms with Gasteiger partial charge in [-0.2, -0.15) is 0 Å². The zero-order valence-corrected chi connectivity index (χ0v) is 10.6. The number of H-pyrrole nitrogens is 1. The lowest BCUT2D eigenvalue weighted by Gasteiger charge is -2.06. The molecule has 0 atom stereocenters. The molecule has 0 amide bonds. The first kappa shape index (κ1) is 13.1. The van der Waals surface area contributed by atoms with Gasteiger partial charge in [-0.05, 0) is 24.6 Å². The maximum atomic E-state index is 11.9. The molecule has 2 rings (SSSR count). The van der Waals surface area contributed by atoms with E-state index in [9.17, 15) is 14.4 Å². The molecule has 1 aromatic heterocycles. The summed E-state index contributed by atoms with van der Waals surface area (Å²) in [5.41, 5.74) is -1.16. The number of carboxylic acids is 1. The molecule has 0 fully saturated rings. The Morgan fingerprint density at radius 1 is 1.37 bits per heavy atom. The van der Waals surface area contributed by atoms with Crippen LogP contribution in [0.3, 0.4) is 0 Å². The van der Waals surface area contributed by atoms with E-state index in [1.54, 1.807) is 13.0 Å². The molecule has 0 aliphatic heterocycles. The minimum atomic E-state index is -1.41. The lowest BCUT2D eigenvalue weighted by molar-refractivity contribution is 0.0694. The Bertz CT molecular complexity index is 776. The van der Waals surface area contributed by atoms with Gasteiger partial charge < -0.3 is 10.1 Å². The number of benzene rings is 1. The molecule has 0 aliphatic carbocycles. The van der Waals surface area contributed by atoms with Crippen molar-refractivity contribution in [2.24, 2.45) is 0 Å². The maximum absolute atomic E-state index is 11.9. The molecule has 0 spiro atoms. The summed E-state index contributed by atoms with van der Waals surface area (Å²) in [5, 5.41) is 9.24. The third-order valence-corrected chi connectivity index (χ3v) is 3.03. The molecule has 6 nitrogen and oxygen atoms in total. The zero-order chi connectivity index (χ0) is 14.2. The first-order valence-electron chi connectivity index (χ1n) is 5.26. The van der Waals surface area contributed by atoms with Crippen LogP contribution in [0.25, 0.3) is 5.69 Å². The number of aryl methyl sites for hydroxylation is 1. The predicted molar refractivity (Wildman–Crippen MR) is 69.4 cm³/mol. The average molecular weight is 281 g/mol. The summed E-state index contributed by atoms with van der Waals surface area (Å²) < 4.78 is 0.731. The Kier molecular flexibility index (Phi) is 3.26. The quantitative estimate of drug-likeness (QED) is 0.864. The highest BCUT2D eigenvalue weighted by Crippen LogP contribution is 2.17. The molecule has 0 saturated carbocycles. The van der Waals surface area contributed by atoms with Crippen molar-refractivity contribution in [3.63, 3.8) is 0 Å². The highest BCUT2D eigenvalue weighted by molar-refractivity contribution is 6.31. The molecule has 0 saturated heterocycles. The summed E-state index contributed by atoms with van der Waals surface area (Å²) in [4.78, 5) is 36.7. The van der Waals surface area contributed by atoms with Gasteiger partial charge in [0.25, 0.3) is 5.56 Å². The fourth-order valence-electron chi connectivity index (χ4n) is 1.58. The molecular formula is C12H9ClN2O4. The molecule has 98 valence electrons. The highest BCUT2D eigenvalue weighted by atomic mass is 35.5. The van der Waals surface area contributed by atoms with E-state index in [1.165, 1.54) is 12.1 Å². The minimum absolute atomic E-state index is 0.213. The molecule has 2 N–H and O–H groups in total. The van der Waals surface area contributed by atoms with Gasteiger partial charge >= 0.3 is 11.7 Å². The van der Waals surface area contributed by atoms with Gasteiger partial charge in [0.15, 0.2) is 0 Å². The second-order valence-corrected chi connectivity index (χ2v) is 4.29. The smallest absolute Gasteiger partial charge is 0.342 e. The lowest BCUT2D eigenvalue weighted by atomic mass is 10.2. The van der Waals surface area contributed by atoms with Gasteiger partial charge in [0.05, 0.1) is 5.69 Å². The Morgan fingerprint density at radius 3 is 2.63 bits per heavy atom. The summed E-state index contributed by atoms with van der Waals surface area (Å²) in [6.45, 7) is 1.77. The van der Waals surface area contributed by atoms with E-state index in [1.807, 2.05) is 0 Å². The van der Waals surface area contributed by atoms with Crippen LogP contribution in [0.1, 0.15) is 15.9 Å². The van der Waals surface area contributed by atoms with E-state index in [4.69, 9.17) is 16.7 Å². The number of halogens is 1. The van der Waals surface area contributed by atoms with Crippen LogP contribution < -0.4 is 11.2 Å². The molecule has 1 heterocycles. The minimum Gasteiger partial charge on any atom is -0.477 e. The fraction of sp³-hybridized carbons (Fsp3) is 0.0833. The summed E-state index contributed by atoms with van der Waals surface area (Å²) in [5.74, 6) is -1.41. The van der Waals surface area contributed by atoms with E-state index in [2.05, 4.69) is 4.98 Å². The van der Waals surface area contributed by atoms with Crippen LogP contribution in [0.15, 0.2) is 34.0 Å². The van der Waals surface area contributed by atoms with Crippen molar-refractivity contribution in [3.8, 4) is 5.69 Å². The number of aromatic amines is 1. The number of carbonyl (C=O) groups is 1. The molecule has 0 unspecified atom stereocenters. The van der Waals surface area contributed by atoms with Gasteiger partial charge in [0.2, 0.25) is 0 Å². The SMILES string of the molecule is Cc1ccc(-n2c(=O)[nH]cc(C(=O)O)c2=O)cc1Cl. The van der Waals surface area contributed by atoms with Crippen molar-refractivity contribution in [3.05, 3.63) is 61.4 Å². The Hall–Kier alpha value is -2.34. The second-order valence-electron chi connectivity index (χ2n) is 3.89. The van der Waals surface area contributed by atoms with Crippen LogP contribution in [0.5, 0.6) is 0 Å². The van der Waals surface area contributed by atoms with E-state index in [0.717, 1.165) is 16.3 Å². The molecule has 0 radical (unpaired) electrons. The van der Waals surface area contributed by atoms with Crippen molar-refractivity contribution < 1.29 is 9.90 Å². The Morgan fingerprint density at radius 2 is 2.05 bits per heavy atom. The third-order valence-electron chi connectivity index (χ3n) is 2.62. The normalized spacial score (nSPS) is 10.4. The van der Waals surface area contributed by atoms with Crippen molar-refractivity contribution in [1.82, 2.24) is 9.55 Å². The van der Waals surface area contributed by atoms with Crippen LogP contribution in [-0.2, 0) is 0 Å². The Labute approximate surface area is 111 Å². The summed E-state index contributed by atoms with van der Waals surface area (Å²) in [6, 6.07) is 4.58. The van der Waals surface area contributed by atoms with Gasteiger partial charge in [-0.1, -0.05) is 17.7 Å². The Balaban J connectivity index is 2.78.